The van der Waals surface area contributed by atoms with Gasteiger partial charge in [0.25, 0.3) is 5.56 Å². The summed E-state index contributed by atoms with van der Waals surface area (Å²) >= 11 is 7.17. The first-order valence-corrected chi connectivity index (χ1v) is 9.75. The summed E-state index contributed by atoms with van der Waals surface area (Å²) in [6.07, 6.45) is 0. The first-order valence-electron chi connectivity index (χ1n) is 8.49. The maximum atomic E-state index is 14.3. The second kappa shape index (κ2) is 7.65. The van der Waals surface area contributed by atoms with Crippen molar-refractivity contribution in [1.82, 2.24) is 9.13 Å². The summed E-state index contributed by atoms with van der Waals surface area (Å²) in [6.45, 7) is -0.369. The maximum Gasteiger partial charge on any atom is 0.336 e. The summed E-state index contributed by atoms with van der Waals surface area (Å²) in [7, 11) is 0. The third-order valence-electron chi connectivity index (χ3n) is 4.30. The van der Waals surface area contributed by atoms with Gasteiger partial charge < -0.3 is 5.32 Å². The molecule has 1 N–H and O–H groups in total. The zero-order valence-electron chi connectivity index (χ0n) is 14.8. The Hall–Kier alpha value is -3.23. The third-order valence-corrected chi connectivity index (χ3v) is 5.52. The lowest BCUT2D eigenvalue weighted by Crippen LogP contribution is -2.40. The van der Waals surface area contributed by atoms with Gasteiger partial charge in [0.2, 0.25) is 5.91 Å². The molecule has 29 heavy (non-hydrogen) atoms. The molecular formula is C20H13ClFN3O3S. The minimum atomic E-state index is -0.805. The van der Waals surface area contributed by atoms with Crippen LogP contribution in [0.25, 0.3) is 15.9 Å². The van der Waals surface area contributed by atoms with Crippen molar-refractivity contribution >= 4 is 44.7 Å². The SMILES string of the molecule is O=C(Cn1c(=O)n(-c2ccccc2F)c(=O)c2sccc21)Nc1ccccc1Cl. The summed E-state index contributed by atoms with van der Waals surface area (Å²) in [5.41, 5.74) is -0.894. The number of carbonyl (C=O) groups excluding carboxylic acids is 1. The van der Waals surface area contributed by atoms with Gasteiger partial charge in [-0.15, -0.1) is 11.3 Å². The molecule has 2 aromatic heterocycles. The van der Waals surface area contributed by atoms with Crippen LogP contribution in [-0.4, -0.2) is 15.0 Å². The van der Waals surface area contributed by atoms with Crippen molar-refractivity contribution in [2.24, 2.45) is 0 Å². The van der Waals surface area contributed by atoms with Crippen molar-refractivity contribution in [1.29, 1.82) is 0 Å². The van der Waals surface area contributed by atoms with Gasteiger partial charge in [0, 0.05) is 0 Å². The molecule has 0 bridgehead atoms. The van der Waals surface area contributed by atoms with Gasteiger partial charge in [0.05, 0.1) is 21.9 Å². The Kier molecular flexibility index (Phi) is 5.04. The molecule has 146 valence electrons. The van der Waals surface area contributed by atoms with E-state index < -0.39 is 23.0 Å². The van der Waals surface area contributed by atoms with Crippen LogP contribution in [0.5, 0.6) is 0 Å². The van der Waals surface area contributed by atoms with Crippen molar-refractivity contribution in [2.45, 2.75) is 6.54 Å². The third kappa shape index (κ3) is 3.48. The van der Waals surface area contributed by atoms with E-state index in [2.05, 4.69) is 5.32 Å². The number of rotatable bonds is 4. The van der Waals surface area contributed by atoms with Gasteiger partial charge in [0.1, 0.15) is 17.1 Å². The number of amides is 1. The van der Waals surface area contributed by atoms with Crippen molar-refractivity contribution < 1.29 is 9.18 Å². The van der Waals surface area contributed by atoms with E-state index >= 15 is 0 Å². The number of fused-ring (bicyclic) bond motifs is 1. The normalized spacial score (nSPS) is 11.0. The molecule has 0 aliphatic rings. The molecule has 4 aromatic rings. The number of nitrogens with one attached hydrogen (secondary N) is 1. The van der Waals surface area contributed by atoms with E-state index in [0.717, 1.165) is 26.5 Å². The molecule has 0 unspecified atom stereocenters. The Bertz CT molecular complexity index is 1360. The second-order valence-corrected chi connectivity index (χ2v) is 7.45. The lowest BCUT2D eigenvalue weighted by atomic mass is 10.3. The highest BCUT2D eigenvalue weighted by Gasteiger charge is 2.19. The van der Waals surface area contributed by atoms with E-state index in [1.54, 1.807) is 35.7 Å². The summed E-state index contributed by atoms with van der Waals surface area (Å²) in [5, 5.41) is 4.63. The van der Waals surface area contributed by atoms with Crippen LogP contribution in [0, 0.1) is 5.82 Å². The van der Waals surface area contributed by atoms with E-state index in [1.807, 2.05) is 0 Å². The number of hydrogen-bond donors (Lipinski definition) is 1. The number of thiophene rings is 1. The zero-order chi connectivity index (χ0) is 20.5. The topological polar surface area (TPSA) is 73.1 Å². The monoisotopic (exact) mass is 429 g/mol. The summed E-state index contributed by atoms with van der Waals surface area (Å²) in [6, 6.07) is 13.8. The molecule has 0 radical (unpaired) electrons. The summed E-state index contributed by atoms with van der Waals surface area (Å²) in [4.78, 5) is 38.4. The summed E-state index contributed by atoms with van der Waals surface area (Å²) in [5.74, 6) is -1.22. The van der Waals surface area contributed by atoms with Gasteiger partial charge in [-0.05, 0) is 35.7 Å². The Balaban J connectivity index is 1.83. The average Bonchev–Trinajstić information content (AvgIpc) is 3.19. The first-order chi connectivity index (χ1) is 14.0. The van der Waals surface area contributed by atoms with Crippen LogP contribution in [0.1, 0.15) is 0 Å². The fraction of sp³-hybridized carbons (Fsp3) is 0.0500. The molecule has 4 rings (SSSR count). The number of aromatic nitrogens is 2. The van der Waals surface area contributed by atoms with Crippen molar-refractivity contribution in [3.63, 3.8) is 0 Å². The molecule has 9 heteroatoms. The fourth-order valence-electron chi connectivity index (χ4n) is 2.98. The second-order valence-electron chi connectivity index (χ2n) is 6.12. The number of hydrogen-bond acceptors (Lipinski definition) is 4. The lowest BCUT2D eigenvalue weighted by Gasteiger charge is -2.13. The Morgan fingerprint density at radius 1 is 1.07 bits per heavy atom. The Morgan fingerprint density at radius 3 is 2.55 bits per heavy atom. The molecule has 6 nitrogen and oxygen atoms in total. The van der Waals surface area contributed by atoms with Crippen LogP contribution < -0.4 is 16.6 Å². The molecule has 0 aliphatic heterocycles. The number of carbonyl (C=O) groups is 1. The van der Waals surface area contributed by atoms with Gasteiger partial charge in [-0.3, -0.25) is 14.2 Å². The molecule has 0 spiro atoms. The zero-order valence-corrected chi connectivity index (χ0v) is 16.3. The standard InChI is InChI=1S/C20H13ClFN3O3S/c21-12-5-1-3-7-14(12)23-17(26)11-24-16-9-10-29-18(16)19(27)25(20(24)28)15-8-4-2-6-13(15)22/h1-10H,11H2,(H,23,26). The highest BCUT2D eigenvalue weighted by molar-refractivity contribution is 7.17. The smallest absolute Gasteiger partial charge is 0.323 e. The molecule has 0 atom stereocenters. The highest BCUT2D eigenvalue weighted by Crippen LogP contribution is 2.21. The number of para-hydroxylation sites is 2. The van der Waals surface area contributed by atoms with Gasteiger partial charge in [-0.2, -0.15) is 0 Å². The van der Waals surface area contributed by atoms with Gasteiger partial charge in [-0.1, -0.05) is 35.9 Å². The van der Waals surface area contributed by atoms with Crippen molar-refractivity contribution in [2.75, 3.05) is 5.32 Å². The van der Waals surface area contributed by atoms with Gasteiger partial charge in [0.15, 0.2) is 0 Å². The molecule has 0 saturated heterocycles. The van der Waals surface area contributed by atoms with Crippen LogP contribution in [0.3, 0.4) is 0 Å². The van der Waals surface area contributed by atoms with E-state index in [0.29, 0.717) is 16.2 Å². The Morgan fingerprint density at radius 2 is 1.79 bits per heavy atom. The molecule has 0 aliphatic carbocycles. The summed E-state index contributed by atoms with van der Waals surface area (Å²) < 4.78 is 16.4. The van der Waals surface area contributed by atoms with Crippen molar-refractivity contribution in [3.8, 4) is 5.69 Å². The molecule has 1 amide bonds. The van der Waals surface area contributed by atoms with Gasteiger partial charge in [-0.25, -0.2) is 13.8 Å². The Labute approximate surface area is 172 Å². The van der Waals surface area contributed by atoms with Crippen molar-refractivity contribution in [3.05, 3.63) is 91.7 Å². The maximum absolute atomic E-state index is 14.3. The van der Waals surface area contributed by atoms with Crippen LogP contribution in [0.4, 0.5) is 10.1 Å². The first kappa shape index (κ1) is 19.1. The largest absolute Gasteiger partial charge is 0.336 e. The molecule has 0 saturated carbocycles. The number of halogens is 2. The predicted octanol–water partition coefficient (Wildman–Crippen LogP) is 3.65. The van der Waals surface area contributed by atoms with E-state index in [-0.39, 0.29) is 16.9 Å². The van der Waals surface area contributed by atoms with E-state index in [9.17, 15) is 18.8 Å². The number of nitrogens with zero attached hydrogens (tertiary/aromatic N) is 2. The van der Waals surface area contributed by atoms with E-state index in [1.165, 1.54) is 18.2 Å². The molecular weight excluding hydrogens is 417 g/mol. The van der Waals surface area contributed by atoms with Crippen LogP contribution in [0.15, 0.2) is 69.6 Å². The van der Waals surface area contributed by atoms with Crippen LogP contribution in [-0.2, 0) is 11.3 Å². The minimum Gasteiger partial charge on any atom is -0.323 e. The lowest BCUT2D eigenvalue weighted by molar-refractivity contribution is -0.116. The number of anilines is 1. The minimum absolute atomic E-state index is 0.168. The predicted molar refractivity (Wildman–Crippen MR) is 112 cm³/mol. The number of benzene rings is 2. The van der Waals surface area contributed by atoms with E-state index in [4.69, 9.17) is 11.6 Å². The van der Waals surface area contributed by atoms with Crippen LogP contribution >= 0.6 is 22.9 Å². The highest BCUT2D eigenvalue weighted by atomic mass is 35.5. The average molecular weight is 430 g/mol. The van der Waals surface area contributed by atoms with Gasteiger partial charge >= 0.3 is 5.69 Å². The van der Waals surface area contributed by atoms with Crippen LogP contribution in [0.2, 0.25) is 5.02 Å². The fourth-order valence-corrected chi connectivity index (χ4v) is 3.99. The molecule has 2 aromatic carbocycles. The molecule has 2 heterocycles. The molecule has 0 fully saturated rings. The quantitative estimate of drug-likeness (QED) is 0.538.